The molecule has 1 fully saturated rings. The van der Waals surface area contributed by atoms with E-state index in [1.54, 1.807) is 7.11 Å². The van der Waals surface area contributed by atoms with Gasteiger partial charge < -0.3 is 25.2 Å². The molecular formula is C12H22N2O5S. The number of nitrogens with one attached hydrogen (secondary N) is 2. The molecule has 2 amide bonds. The molecule has 3 N–H and O–H groups in total. The van der Waals surface area contributed by atoms with Crippen LogP contribution in [0.25, 0.3) is 0 Å². The van der Waals surface area contributed by atoms with Crippen molar-refractivity contribution in [2.24, 2.45) is 0 Å². The predicted octanol–water partition coefficient (Wildman–Crippen LogP) is 0.297. The van der Waals surface area contributed by atoms with E-state index in [9.17, 15) is 9.59 Å². The highest BCUT2D eigenvalue weighted by atomic mass is 32.2. The fraction of sp³-hybridized carbons (Fsp3) is 0.833. The molecule has 0 radical (unpaired) electrons. The molecule has 0 bridgehead atoms. The van der Waals surface area contributed by atoms with E-state index >= 15 is 0 Å². The molecule has 0 aliphatic carbocycles. The molecule has 0 aromatic rings. The van der Waals surface area contributed by atoms with Gasteiger partial charge in [-0.1, -0.05) is 0 Å². The zero-order valence-electron chi connectivity index (χ0n) is 11.8. The average molecular weight is 306 g/mol. The summed E-state index contributed by atoms with van der Waals surface area (Å²) in [5, 5.41) is 14.1. The van der Waals surface area contributed by atoms with Gasteiger partial charge in [-0.25, -0.2) is 9.59 Å². The number of urea groups is 1. The van der Waals surface area contributed by atoms with Gasteiger partial charge in [-0.15, -0.1) is 0 Å². The van der Waals surface area contributed by atoms with Gasteiger partial charge in [-0.3, -0.25) is 0 Å². The average Bonchev–Trinajstić information content (AvgIpc) is 2.90. The van der Waals surface area contributed by atoms with E-state index < -0.39 is 23.6 Å². The lowest BCUT2D eigenvalue weighted by atomic mass is 10.0. The highest BCUT2D eigenvalue weighted by molar-refractivity contribution is 7.98. The van der Waals surface area contributed by atoms with Gasteiger partial charge >= 0.3 is 12.0 Å². The van der Waals surface area contributed by atoms with Crippen molar-refractivity contribution in [1.29, 1.82) is 0 Å². The lowest BCUT2D eigenvalue weighted by Gasteiger charge is -2.26. The number of rotatable bonds is 8. The van der Waals surface area contributed by atoms with Crippen LogP contribution in [0.15, 0.2) is 0 Å². The molecule has 7 nitrogen and oxygen atoms in total. The van der Waals surface area contributed by atoms with E-state index in [1.807, 2.05) is 6.26 Å². The summed E-state index contributed by atoms with van der Waals surface area (Å²) in [5.74, 6) is -0.354. The third-order valence-electron chi connectivity index (χ3n) is 3.29. The van der Waals surface area contributed by atoms with Crippen molar-refractivity contribution in [2.45, 2.75) is 24.5 Å². The smallest absolute Gasteiger partial charge is 0.326 e. The first kappa shape index (κ1) is 17.1. The Kier molecular flexibility index (Phi) is 7.11. The first-order valence-corrected chi connectivity index (χ1v) is 7.81. The Labute approximate surface area is 122 Å². The normalized spacial score (nSPS) is 23.3. The number of carbonyl (C=O) groups excluding carboxylic acids is 1. The zero-order chi connectivity index (χ0) is 15.0. The molecule has 0 aromatic heterocycles. The number of amides is 2. The highest BCUT2D eigenvalue weighted by Crippen LogP contribution is 2.21. The number of ether oxygens (including phenoxy) is 2. The minimum absolute atomic E-state index is 0.296. The van der Waals surface area contributed by atoms with Crippen LogP contribution in [-0.4, -0.2) is 67.6 Å². The number of carboxylic acids is 1. The molecular weight excluding hydrogens is 284 g/mol. The Hall–Kier alpha value is -0.990. The Morgan fingerprint density at radius 2 is 2.30 bits per heavy atom. The summed E-state index contributed by atoms with van der Waals surface area (Å²) in [6.45, 7) is 1.32. The van der Waals surface area contributed by atoms with Gasteiger partial charge in [-0.05, 0) is 18.4 Å². The van der Waals surface area contributed by atoms with Crippen LogP contribution in [0.5, 0.6) is 0 Å². The highest BCUT2D eigenvalue weighted by Gasteiger charge is 2.35. The number of carbonyl (C=O) groups is 2. The van der Waals surface area contributed by atoms with Crippen molar-refractivity contribution in [3.05, 3.63) is 0 Å². The van der Waals surface area contributed by atoms with E-state index in [1.165, 1.54) is 11.8 Å². The molecule has 1 aliphatic rings. The molecule has 1 aliphatic heterocycles. The molecule has 20 heavy (non-hydrogen) atoms. The monoisotopic (exact) mass is 306 g/mol. The summed E-state index contributed by atoms with van der Waals surface area (Å²) in [6, 6.07) is -1.37. The summed E-state index contributed by atoms with van der Waals surface area (Å²) in [6.07, 6.45) is 2.99. The molecule has 0 spiro atoms. The topological polar surface area (TPSA) is 96.9 Å². The van der Waals surface area contributed by atoms with Crippen LogP contribution < -0.4 is 10.6 Å². The number of hydrogen-bond donors (Lipinski definition) is 3. The van der Waals surface area contributed by atoms with E-state index in [0.717, 1.165) is 0 Å². The van der Waals surface area contributed by atoms with Crippen molar-refractivity contribution in [3.8, 4) is 0 Å². The molecule has 1 heterocycles. The Morgan fingerprint density at radius 3 is 2.80 bits per heavy atom. The number of methoxy groups -OCH3 is 1. The molecule has 1 unspecified atom stereocenters. The minimum Gasteiger partial charge on any atom is -0.480 e. The lowest BCUT2D eigenvalue weighted by Crippen LogP contribution is -2.51. The van der Waals surface area contributed by atoms with Crippen LogP contribution in [0.2, 0.25) is 0 Å². The van der Waals surface area contributed by atoms with Crippen molar-refractivity contribution < 1.29 is 24.2 Å². The van der Waals surface area contributed by atoms with Gasteiger partial charge in [0.2, 0.25) is 0 Å². The summed E-state index contributed by atoms with van der Waals surface area (Å²) in [7, 11) is 1.58. The fourth-order valence-corrected chi connectivity index (χ4v) is 2.38. The van der Waals surface area contributed by atoms with Gasteiger partial charge in [0, 0.05) is 20.1 Å². The van der Waals surface area contributed by atoms with Crippen LogP contribution in [0.3, 0.4) is 0 Å². The predicted molar refractivity (Wildman–Crippen MR) is 76.1 cm³/mol. The summed E-state index contributed by atoms with van der Waals surface area (Å²) < 4.78 is 10.6. The van der Waals surface area contributed by atoms with Crippen LogP contribution in [0.4, 0.5) is 4.79 Å². The number of carboxylic acid groups (broad SMARTS) is 1. The molecule has 1 rings (SSSR count). The van der Waals surface area contributed by atoms with Crippen LogP contribution in [0, 0.1) is 0 Å². The van der Waals surface area contributed by atoms with Crippen molar-refractivity contribution in [2.75, 3.05) is 38.9 Å². The number of aliphatic carboxylic acids is 1. The van der Waals surface area contributed by atoms with Crippen LogP contribution in [0.1, 0.15) is 12.8 Å². The second kappa shape index (κ2) is 8.33. The maximum atomic E-state index is 11.7. The van der Waals surface area contributed by atoms with Gasteiger partial charge in [-0.2, -0.15) is 11.8 Å². The standard InChI is InChI=1S/C12H22N2O5S/c1-18-12(4-5-19-8-12)7-13-11(17)14-9(10(15)16)3-6-20-2/h9H,3-8H2,1-2H3,(H,15,16)(H2,13,14,17)/t9-,12?/m0/s1. The molecule has 0 saturated carbocycles. The van der Waals surface area contributed by atoms with Crippen molar-refractivity contribution in [1.82, 2.24) is 10.6 Å². The Bertz CT molecular complexity index is 334. The van der Waals surface area contributed by atoms with Gasteiger partial charge in [0.1, 0.15) is 11.6 Å². The van der Waals surface area contributed by atoms with Crippen LogP contribution >= 0.6 is 11.8 Å². The second-order valence-corrected chi connectivity index (χ2v) is 5.67. The molecule has 0 aromatic carbocycles. The minimum atomic E-state index is -1.03. The van der Waals surface area contributed by atoms with Gasteiger partial charge in [0.15, 0.2) is 0 Å². The van der Waals surface area contributed by atoms with E-state index in [4.69, 9.17) is 14.6 Å². The van der Waals surface area contributed by atoms with Gasteiger partial charge in [0.05, 0.1) is 13.2 Å². The zero-order valence-corrected chi connectivity index (χ0v) is 12.6. The molecule has 1 saturated heterocycles. The Morgan fingerprint density at radius 1 is 1.55 bits per heavy atom. The first-order valence-electron chi connectivity index (χ1n) is 6.42. The molecule has 116 valence electrons. The first-order chi connectivity index (χ1) is 9.53. The largest absolute Gasteiger partial charge is 0.480 e. The fourth-order valence-electron chi connectivity index (χ4n) is 1.90. The van der Waals surface area contributed by atoms with E-state index in [-0.39, 0.29) is 0 Å². The SMILES string of the molecule is COC1(CNC(=O)N[C@@H](CCSC)C(=O)O)CCOC1. The summed E-state index contributed by atoms with van der Waals surface area (Å²) >= 11 is 1.54. The van der Waals surface area contributed by atoms with E-state index in [0.29, 0.717) is 38.4 Å². The van der Waals surface area contributed by atoms with Crippen LogP contribution in [-0.2, 0) is 14.3 Å². The third-order valence-corrected chi connectivity index (χ3v) is 3.93. The summed E-state index contributed by atoms with van der Waals surface area (Å²) in [4.78, 5) is 22.8. The lowest BCUT2D eigenvalue weighted by molar-refractivity contribution is -0.139. The van der Waals surface area contributed by atoms with Crippen molar-refractivity contribution >= 4 is 23.8 Å². The summed E-state index contributed by atoms with van der Waals surface area (Å²) in [5.41, 5.74) is -0.505. The second-order valence-electron chi connectivity index (χ2n) is 4.69. The maximum absolute atomic E-state index is 11.7. The number of thioether (sulfide) groups is 1. The Balaban J connectivity index is 2.39. The van der Waals surface area contributed by atoms with Gasteiger partial charge in [0.25, 0.3) is 0 Å². The van der Waals surface area contributed by atoms with E-state index in [2.05, 4.69) is 10.6 Å². The molecule has 8 heteroatoms. The molecule has 2 atom stereocenters. The third kappa shape index (κ3) is 5.18. The maximum Gasteiger partial charge on any atom is 0.326 e. The van der Waals surface area contributed by atoms with Crippen molar-refractivity contribution in [3.63, 3.8) is 0 Å². The number of hydrogen-bond acceptors (Lipinski definition) is 5. The quantitative estimate of drug-likeness (QED) is 0.597.